The molecule has 1 N–H and O–H groups in total. The molecule has 0 radical (unpaired) electrons. The molecule has 0 unspecified atom stereocenters. The lowest BCUT2D eigenvalue weighted by Gasteiger charge is -2.23. The van der Waals surface area contributed by atoms with E-state index < -0.39 is 0 Å². The number of halogens is 1. The number of carbonyl (C=O) groups is 1. The number of benzene rings is 2. The molecular formula is C19H19FN2O. The Hall–Kier alpha value is -2.46. The number of aromatic amines is 1. The van der Waals surface area contributed by atoms with E-state index >= 15 is 0 Å². The SMILES string of the molecule is C[C@H](C(=O)c1c[nH]c2ccccc12)N(C)Cc1ccccc1F. The van der Waals surface area contributed by atoms with Crippen molar-refractivity contribution < 1.29 is 9.18 Å². The molecule has 4 heteroatoms. The average Bonchev–Trinajstić information content (AvgIpc) is 2.99. The number of rotatable bonds is 5. The molecule has 2 aromatic carbocycles. The number of ketones is 1. The first-order chi connectivity index (χ1) is 11.1. The van der Waals surface area contributed by atoms with Gasteiger partial charge in [-0.3, -0.25) is 9.69 Å². The molecule has 0 amide bonds. The van der Waals surface area contributed by atoms with Crippen LogP contribution in [0, 0.1) is 5.82 Å². The van der Waals surface area contributed by atoms with Gasteiger partial charge in [0.05, 0.1) is 6.04 Å². The fraction of sp³-hybridized carbons (Fsp3) is 0.211. The van der Waals surface area contributed by atoms with Crippen molar-refractivity contribution in [2.24, 2.45) is 0 Å². The van der Waals surface area contributed by atoms with Crippen LogP contribution >= 0.6 is 0 Å². The molecule has 0 saturated heterocycles. The van der Waals surface area contributed by atoms with Crippen LogP contribution in [0.15, 0.2) is 54.7 Å². The van der Waals surface area contributed by atoms with Crippen LogP contribution in [0.2, 0.25) is 0 Å². The van der Waals surface area contributed by atoms with Crippen LogP contribution in [0.3, 0.4) is 0 Å². The Morgan fingerprint density at radius 1 is 1.17 bits per heavy atom. The molecule has 0 aliphatic carbocycles. The van der Waals surface area contributed by atoms with Gasteiger partial charge in [-0.05, 0) is 26.1 Å². The van der Waals surface area contributed by atoms with Crippen LogP contribution < -0.4 is 0 Å². The van der Waals surface area contributed by atoms with Gasteiger partial charge in [-0.15, -0.1) is 0 Å². The van der Waals surface area contributed by atoms with Gasteiger partial charge in [0.15, 0.2) is 5.78 Å². The van der Waals surface area contributed by atoms with Crippen LogP contribution in [0.1, 0.15) is 22.8 Å². The van der Waals surface area contributed by atoms with E-state index in [9.17, 15) is 9.18 Å². The molecule has 3 nitrogen and oxygen atoms in total. The normalized spacial score (nSPS) is 12.7. The van der Waals surface area contributed by atoms with Crippen LogP contribution in [-0.4, -0.2) is 28.8 Å². The highest BCUT2D eigenvalue weighted by atomic mass is 19.1. The van der Waals surface area contributed by atoms with Gasteiger partial charge in [-0.2, -0.15) is 0 Å². The number of hydrogen-bond acceptors (Lipinski definition) is 2. The molecular weight excluding hydrogens is 291 g/mol. The number of aromatic nitrogens is 1. The van der Waals surface area contributed by atoms with E-state index in [1.165, 1.54) is 6.07 Å². The van der Waals surface area contributed by atoms with E-state index in [1.807, 2.05) is 43.1 Å². The highest BCUT2D eigenvalue weighted by Gasteiger charge is 2.22. The van der Waals surface area contributed by atoms with Gasteiger partial charge in [0.25, 0.3) is 0 Å². The number of hydrogen-bond donors (Lipinski definition) is 1. The summed E-state index contributed by atoms with van der Waals surface area (Å²) in [7, 11) is 1.84. The first kappa shape index (κ1) is 15.4. The molecule has 0 spiro atoms. The number of carbonyl (C=O) groups excluding carboxylic acids is 1. The Morgan fingerprint density at radius 2 is 1.87 bits per heavy atom. The Kier molecular flexibility index (Phi) is 4.26. The number of para-hydroxylation sites is 1. The van der Waals surface area contributed by atoms with Crippen molar-refractivity contribution in [3.63, 3.8) is 0 Å². The Balaban J connectivity index is 1.80. The van der Waals surface area contributed by atoms with Crippen LogP contribution in [0.4, 0.5) is 4.39 Å². The third-order valence-corrected chi connectivity index (χ3v) is 4.27. The Bertz CT molecular complexity index is 840. The smallest absolute Gasteiger partial charge is 0.181 e. The number of likely N-dealkylation sites (N-methyl/N-ethyl adjacent to an activating group) is 1. The Morgan fingerprint density at radius 3 is 2.65 bits per heavy atom. The fourth-order valence-corrected chi connectivity index (χ4v) is 2.73. The Labute approximate surface area is 134 Å². The minimum atomic E-state index is -0.339. The monoisotopic (exact) mass is 310 g/mol. The maximum Gasteiger partial charge on any atom is 0.181 e. The van der Waals surface area contributed by atoms with Crippen molar-refractivity contribution in [1.82, 2.24) is 9.88 Å². The molecule has 0 bridgehead atoms. The lowest BCUT2D eigenvalue weighted by atomic mass is 10.0. The molecule has 0 fully saturated rings. The van der Waals surface area contributed by atoms with Crippen LogP contribution in [-0.2, 0) is 6.54 Å². The molecule has 3 aromatic rings. The van der Waals surface area contributed by atoms with Gasteiger partial charge >= 0.3 is 0 Å². The van der Waals surface area contributed by atoms with Crippen molar-refractivity contribution in [3.8, 4) is 0 Å². The second-order valence-corrected chi connectivity index (χ2v) is 5.79. The highest BCUT2D eigenvalue weighted by Crippen LogP contribution is 2.21. The van der Waals surface area contributed by atoms with Gasteiger partial charge in [0.1, 0.15) is 5.82 Å². The van der Waals surface area contributed by atoms with E-state index in [0.29, 0.717) is 17.7 Å². The van der Waals surface area contributed by atoms with Crippen molar-refractivity contribution in [2.75, 3.05) is 7.05 Å². The largest absolute Gasteiger partial charge is 0.360 e. The van der Waals surface area contributed by atoms with Crippen molar-refractivity contribution in [2.45, 2.75) is 19.5 Å². The van der Waals surface area contributed by atoms with Gasteiger partial charge in [0.2, 0.25) is 0 Å². The van der Waals surface area contributed by atoms with E-state index in [4.69, 9.17) is 0 Å². The fourth-order valence-electron chi connectivity index (χ4n) is 2.73. The predicted octanol–water partition coefficient (Wildman–Crippen LogP) is 4.01. The van der Waals surface area contributed by atoms with Crippen molar-refractivity contribution in [1.29, 1.82) is 0 Å². The molecule has 23 heavy (non-hydrogen) atoms. The first-order valence-corrected chi connectivity index (χ1v) is 7.62. The summed E-state index contributed by atoms with van der Waals surface area (Å²) in [6.07, 6.45) is 1.75. The molecule has 0 aliphatic heterocycles. The zero-order valence-electron chi connectivity index (χ0n) is 13.2. The summed E-state index contributed by atoms with van der Waals surface area (Å²) in [5, 5.41) is 0.920. The molecule has 3 rings (SSSR count). The van der Waals surface area contributed by atoms with Gasteiger partial charge in [0, 0.05) is 34.8 Å². The van der Waals surface area contributed by atoms with Crippen LogP contribution in [0.5, 0.6) is 0 Å². The molecule has 1 heterocycles. The third-order valence-electron chi connectivity index (χ3n) is 4.27. The maximum atomic E-state index is 13.8. The summed E-state index contributed by atoms with van der Waals surface area (Å²) in [6, 6.07) is 14.0. The molecule has 0 aliphatic rings. The van der Waals surface area contributed by atoms with Gasteiger partial charge < -0.3 is 4.98 Å². The standard InChI is InChI=1S/C19H19FN2O/c1-13(22(2)12-14-7-3-5-9-17(14)20)19(23)16-11-21-18-10-6-4-8-15(16)18/h3-11,13,21H,12H2,1-2H3/t13-/m1/s1. The summed E-state index contributed by atoms with van der Waals surface area (Å²) in [5.74, 6) is -0.215. The summed E-state index contributed by atoms with van der Waals surface area (Å²) >= 11 is 0. The number of fused-ring (bicyclic) bond motifs is 1. The minimum absolute atomic E-state index is 0.0290. The molecule has 118 valence electrons. The summed E-state index contributed by atoms with van der Waals surface area (Å²) < 4.78 is 13.8. The molecule has 1 aromatic heterocycles. The first-order valence-electron chi connectivity index (χ1n) is 7.62. The van der Waals surface area contributed by atoms with E-state index in [1.54, 1.807) is 24.4 Å². The maximum absolute atomic E-state index is 13.8. The number of nitrogens with zero attached hydrogens (tertiary/aromatic N) is 1. The topological polar surface area (TPSA) is 36.1 Å². The molecule has 0 saturated carbocycles. The van der Waals surface area contributed by atoms with Crippen molar-refractivity contribution >= 4 is 16.7 Å². The predicted molar refractivity (Wildman–Crippen MR) is 90.0 cm³/mol. The minimum Gasteiger partial charge on any atom is -0.360 e. The van der Waals surface area contributed by atoms with Crippen LogP contribution in [0.25, 0.3) is 10.9 Å². The highest BCUT2D eigenvalue weighted by molar-refractivity contribution is 6.10. The van der Waals surface area contributed by atoms with Gasteiger partial charge in [-0.25, -0.2) is 4.39 Å². The molecule has 1 atom stereocenters. The van der Waals surface area contributed by atoms with E-state index in [2.05, 4.69) is 4.98 Å². The number of nitrogens with one attached hydrogen (secondary N) is 1. The summed E-state index contributed by atoms with van der Waals surface area (Å²) in [5.41, 5.74) is 2.21. The summed E-state index contributed by atoms with van der Waals surface area (Å²) in [4.78, 5) is 17.8. The quantitative estimate of drug-likeness (QED) is 0.723. The second-order valence-electron chi connectivity index (χ2n) is 5.79. The number of Topliss-reactive ketones (excluding diaryl/α,β-unsaturated/α-hetero) is 1. The lowest BCUT2D eigenvalue weighted by Crippen LogP contribution is -2.35. The lowest BCUT2D eigenvalue weighted by molar-refractivity contribution is 0.0862. The third kappa shape index (κ3) is 3.03. The van der Waals surface area contributed by atoms with Gasteiger partial charge in [-0.1, -0.05) is 36.4 Å². The zero-order valence-corrected chi connectivity index (χ0v) is 13.2. The average molecular weight is 310 g/mol. The van der Waals surface area contributed by atoms with Crippen molar-refractivity contribution in [3.05, 3.63) is 71.7 Å². The van der Waals surface area contributed by atoms with E-state index in [0.717, 1.165) is 10.9 Å². The summed E-state index contributed by atoms with van der Waals surface area (Å²) in [6.45, 7) is 2.24. The van der Waals surface area contributed by atoms with E-state index in [-0.39, 0.29) is 17.6 Å². The second kappa shape index (κ2) is 6.34. The number of H-pyrrole nitrogens is 1. The zero-order chi connectivity index (χ0) is 16.4.